The van der Waals surface area contributed by atoms with Gasteiger partial charge in [-0.25, -0.2) is 8.42 Å². The van der Waals surface area contributed by atoms with Crippen LogP contribution in [0.25, 0.3) is 0 Å². The lowest BCUT2D eigenvalue weighted by atomic mass is 10.1. The molecule has 78 valence electrons. The summed E-state index contributed by atoms with van der Waals surface area (Å²) in [6, 6.07) is 6.20. The molecule has 1 atom stereocenters. The van der Waals surface area contributed by atoms with Gasteiger partial charge in [-0.3, -0.25) is 0 Å². The number of sulfone groups is 1. The Hall–Kier alpha value is -0.910. The SMILES string of the molecule is CC(NO)c1cccc(S(C)(=O)=O)c1. The maximum atomic E-state index is 11.2. The molecule has 0 aliphatic rings. The van der Waals surface area contributed by atoms with Crippen LogP contribution < -0.4 is 5.48 Å². The fraction of sp³-hybridized carbons (Fsp3) is 0.333. The van der Waals surface area contributed by atoms with Gasteiger partial charge in [-0.15, -0.1) is 0 Å². The van der Waals surface area contributed by atoms with Gasteiger partial charge in [0, 0.05) is 6.26 Å². The predicted octanol–water partition coefficient (Wildman–Crippen LogP) is 1.13. The second-order valence-electron chi connectivity index (χ2n) is 3.20. The molecule has 0 radical (unpaired) electrons. The molecule has 0 aromatic heterocycles. The summed E-state index contributed by atoms with van der Waals surface area (Å²) in [4.78, 5) is 0.261. The lowest BCUT2D eigenvalue weighted by Crippen LogP contribution is -2.13. The molecule has 0 aliphatic carbocycles. The topological polar surface area (TPSA) is 66.4 Å². The molecule has 1 aromatic carbocycles. The van der Waals surface area contributed by atoms with E-state index in [9.17, 15) is 8.42 Å². The minimum Gasteiger partial charge on any atom is -0.316 e. The molecular weight excluding hydrogens is 202 g/mol. The number of hydrogen-bond donors (Lipinski definition) is 2. The Morgan fingerprint density at radius 1 is 1.43 bits per heavy atom. The van der Waals surface area contributed by atoms with Gasteiger partial charge in [-0.1, -0.05) is 12.1 Å². The van der Waals surface area contributed by atoms with Crippen LogP contribution in [-0.2, 0) is 9.84 Å². The van der Waals surface area contributed by atoms with E-state index in [-0.39, 0.29) is 10.9 Å². The van der Waals surface area contributed by atoms with Crippen molar-refractivity contribution in [2.45, 2.75) is 17.9 Å². The third-order valence-electron chi connectivity index (χ3n) is 1.98. The standard InChI is InChI=1S/C9H13NO3S/c1-7(10-11)8-4-3-5-9(6-8)14(2,12)13/h3-7,10-11H,1-2H3. The van der Waals surface area contributed by atoms with Crippen LogP contribution in [-0.4, -0.2) is 19.9 Å². The normalized spacial score (nSPS) is 13.9. The van der Waals surface area contributed by atoms with Gasteiger partial charge < -0.3 is 5.21 Å². The first kappa shape index (κ1) is 11.2. The first-order valence-corrected chi connectivity index (χ1v) is 6.04. The van der Waals surface area contributed by atoms with Gasteiger partial charge in [-0.05, 0) is 24.6 Å². The first-order valence-electron chi connectivity index (χ1n) is 4.15. The Labute approximate surface area is 83.4 Å². The van der Waals surface area contributed by atoms with Crippen molar-refractivity contribution in [3.8, 4) is 0 Å². The molecule has 0 aliphatic heterocycles. The zero-order chi connectivity index (χ0) is 10.8. The highest BCUT2D eigenvalue weighted by Crippen LogP contribution is 2.16. The van der Waals surface area contributed by atoms with E-state index in [0.717, 1.165) is 11.8 Å². The third kappa shape index (κ3) is 2.54. The Bertz CT molecular complexity index is 414. The summed E-state index contributed by atoms with van der Waals surface area (Å²) >= 11 is 0. The summed E-state index contributed by atoms with van der Waals surface area (Å²) in [5, 5.41) is 8.68. The number of benzene rings is 1. The zero-order valence-corrected chi connectivity index (χ0v) is 8.88. The molecule has 0 fully saturated rings. The van der Waals surface area contributed by atoms with Crippen LogP contribution in [0.1, 0.15) is 18.5 Å². The fourth-order valence-corrected chi connectivity index (χ4v) is 1.76. The van der Waals surface area contributed by atoms with E-state index in [4.69, 9.17) is 5.21 Å². The number of hydrogen-bond acceptors (Lipinski definition) is 4. The van der Waals surface area contributed by atoms with Crippen molar-refractivity contribution in [1.29, 1.82) is 0 Å². The molecule has 0 spiro atoms. The smallest absolute Gasteiger partial charge is 0.175 e. The highest BCUT2D eigenvalue weighted by molar-refractivity contribution is 7.90. The predicted molar refractivity (Wildman–Crippen MR) is 52.9 cm³/mol. The van der Waals surface area contributed by atoms with Gasteiger partial charge >= 0.3 is 0 Å². The third-order valence-corrected chi connectivity index (χ3v) is 3.09. The average Bonchev–Trinajstić information content (AvgIpc) is 2.15. The second-order valence-corrected chi connectivity index (χ2v) is 5.21. The van der Waals surface area contributed by atoms with Crippen LogP contribution >= 0.6 is 0 Å². The molecule has 1 rings (SSSR count). The molecule has 0 saturated carbocycles. The molecule has 0 amide bonds. The van der Waals surface area contributed by atoms with Gasteiger partial charge in [0.1, 0.15) is 0 Å². The second kappa shape index (κ2) is 4.08. The van der Waals surface area contributed by atoms with E-state index in [0.29, 0.717) is 0 Å². The minimum atomic E-state index is -3.18. The van der Waals surface area contributed by atoms with Crippen LogP contribution in [0, 0.1) is 0 Å². The lowest BCUT2D eigenvalue weighted by molar-refractivity contribution is 0.133. The lowest BCUT2D eigenvalue weighted by Gasteiger charge is -2.09. The van der Waals surface area contributed by atoms with Crippen LogP contribution in [0.4, 0.5) is 0 Å². The summed E-state index contributed by atoms with van der Waals surface area (Å²) < 4.78 is 22.4. The van der Waals surface area contributed by atoms with E-state index < -0.39 is 9.84 Å². The van der Waals surface area contributed by atoms with Crippen LogP contribution in [0.5, 0.6) is 0 Å². The monoisotopic (exact) mass is 215 g/mol. The summed E-state index contributed by atoms with van der Waals surface area (Å²) in [7, 11) is -3.18. The molecule has 2 N–H and O–H groups in total. The first-order chi connectivity index (χ1) is 6.45. The van der Waals surface area contributed by atoms with Crippen molar-refractivity contribution in [3.05, 3.63) is 29.8 Å². The maximum Gasteiger partial charge on any atom is 0.175 e. The molecule has 1 unspecified atom stereocenters. The highest BCUT2D eigenvalue weighted by atomic mass is 32.2. The largest absolute Gasteiger partial charge is 0.316 e. The van der Waals surface area contributed by atoms with E-state index in [1.54, 1.807) is 25.1 Å². The van der Waals surface area contributed by atoms with Crippen molar-refractivity contribution >= 4 is 9.84 Å². The molecular formula is C9H13NO3S. The number of rotatable bonds is 3. The molecule has 1 aromatic rings. The molecule has 0 bridgehead atoms. The van der Waals surface area contributed by atoms with Crippen LogP contribution in [0.2, 0.25) is 0 Å². The fourth-order valence-electron chi connectivity index (χ4n) is 1.09. The number of nitrogens with one attached hydrogen (secondary N) is 1. The van der Waals surface area contributed by atoms with Gasteiger partial charge in [-0.2, -0.15) is 5.48 Å². The van der Waals surface area contributed by atoms with Crippen LogP contribution in [0.15, 0.2) is 29.2 Å². The van der Waals surface area contributed by atoms with Crippen molar-refractivity contribution in [3.63, 3.8) is 0 Å². The highest BCUT2D eigenvalue weighted by Gasteiger charge is 2.09. The Morgan fingerprint density at radius 2 is 2.07 bits per heavy atom. The minimum absolute atomic E-state index is 0.261. The molecule has 0 saturated heterocycles. The molecule has 14 heavy (non-hydrogen) atoms. The van der Waals surface area contributed by atoms with Crippen molar-refractivity contribution < 1.29 is 13.6 Å². The van der Waals surface area contributed by atoms with E-state index in [1.165, 1.54) is 6.07 Å². The van der Waals surface area contributed by atoms with Gasteiger partial charge in [0.05, 0.1) is 10.9 Å². The summed E-state index contributed by atoms with van der Waals surface area (Å²) in [5.74, 6) is 0. The van der Waals surface area contributed by atoms with Crippen molar-refractivity contribution in [2.24, 2.45) is 0 Å². The van der Waals surface area contributed by atoms with E-state index >= 15 is 0 Å². The number of hydroxylamine groups is 1. The summed E-state index contributed by atoms with van der Waals surface area (Å²) in [5.41, 5.74) is 2.80. The quantitative estimate of drug-likeness (QED) is 0.742. The van der Waals surface area contributed by atoms with Gasteiger partial charge in [0.25, 0.3) is 0 Å². The van der Waals surface area contributed by atoms with E-state index in [1.807, 2.05) is 0 Å². The van der Waals surface area contributed by atoms with Crippen molar-refractivity contribution in [2.75, 3.05) is 6.26 Å². The van der Waals surface area contributed by atoms with Crippen LogP contribution in [0.3, 0.4) is 0 Å². The molecule has 5 heteroatoms. The van der Waals surface area contributed by atoms with Gasteiger partial charge in [0.2, 0.25) is 0 Å². The maximum absolute atomic E-state index is 11.2. The van der Waals surface area contributed by atoms with Crippen molar-refractivity contribution in [1.82, 2.24) is 5.48 Å². The van der Waals surface area contributed by atoms with E-state index in [2.05, 4.69) is 5.48 Å². The summed E-state index contributed by atoms with van der Waals surface area (Å²) in [6.07, 6.45) is 1.16. The molecule has 4 nitrogen and oxygen atoms in total. The average molecular weight is 215 g/mol. The Kier molecular flexibility index (Phi) is 3.25. The Balaban J connectivity index is 3.14. The zero-order valence-electron chi connectivity index (χ0n) is 8.06. The Morgan fingerprint density at radius 3 is 2.57 bits per heavy atom. The molecule has 0 heterocycles. The summed E-state index contributed by atoms with van der Waals surface area (Å²) in [6.45, 7) is 1.74. The van der Waals surface area contributed by atoms with Gasteiger partial charge in [0.15, 0.2) is 9.84 Å².